The third kappa shape index (κ3) is 5.06. The number of nitrogens with one attached hydrogen (secondary N) is 1. The molecule has 0 aliphatic rings. The molecule has 0 aliphatic carbocycles. The van der Waals surface area contributed by atoms with Crippen molar-refractivity contribution in [3.8, 4) is 11.8 Å². The summed E-state index contributed by atoms with van der Waals surface area (Å²) < 4.78 is 6.11. The van der Waals surface area contributed by atoms with E-state index in [1.165, 1.54) is 0 Å². The number of para-hydroxylation sites is 1. The second-order valence-electron chi connectivity index (χ2n) is 7.53. The molecule has 0 spiro atoms. The lowest BCUT2D eigenvalue weighted by Crippen LogP contribution is -2.14. The van der Waals surface area contributed by atoms with Crippen molar-refractivity contribution < 1.29 is 9.53 Å². The topological polar surface area (TPSA) is 62.1 Å². The highest BCUT2D eigenvalue weighted by atomic mass is 35.5. The molecule has 4 nitrogen and oxygen atoms in total. The molecule has 5 heteroatoms. The van der Waals surface area contributed by atoms with Crippen molar-refractivity contribution in [2.45, 2.75) is 13.5 Å². The van der Waals surface area contributed by atoms with E-state index in [1.54, 1.807) is 18.2 Å². The molecule has 0 aromatic heterocycles. The third-order valence-corrected chi connectivity index (χ3v) is 5.60. The van der Waals surface area contributed by atoms with Crippen molar-refractivity contribution in [3.05, 3.63) is 112 Å². The molecule has 33 heavy (non-hydrogen) atoms. The highest BCUT2D eigenvalue weighted by molar-refractivity contribution is 6.34. The number of aryl methyl sites for hydroxylation is 1. The first kappa shape index (κ1) is 22.1. The lowest BCUT2D eigenvalue weighted by molar-refractivity contribution is -0.112. The lowest BCUT2D eigenvalue weighted by atomic mass is 10.0. The number of nitrogens with zero attached hydrogens (tertiary/aromatic N) is 1. The van der Waals surface area contributed by atoms with Gasteiger partial charge in [-0.2, -0.15) is 5.26 Å². The Labute approximate surface area is 197 Å². The monoisotopic (exact) mass is 452 g/mol. The van der Waals surface area contributed by atoms with Gasteiger partial charge in [0.25, 0.3) is 5.91 Å². The summed E-state index contributed by atoms with van der Waals surface area (Å²) in [5.74, 6) is 0.0580. The summed E-state index contributed by atoms with van der Waals surface area (Å²) in [7, 11) is 0. The van der Waals surface area contributed by atoms with Crippen molar-refractivity contribution in [1.29, 1.82) is 5.26 Å². The van der Waals surface area contributed by atoms with Crippen LogP contribution in [-0.4, -0.2) is 5.91 Å². The molecule has 0 aliphatic heterocycles. The summed E-state index contributed by atoms with van der Waals surface area (Å²) in [5.41, 5.74) is 2.95. The summed E-state index contributed by atoms with van der Waals surface area (Å²) in [6.45, 7) is 2.21. The number of carbonyl (C=O) groups is 1. The summed E-state index contributed by atoms with van der Waals surface area (Å²) in [6.07, 6.45) is 1.57. The standard InChI is InChI=1S/C28H21ClN2O2/c1-19-8-7-13-25(29)27(19)31-28(32)22(17-30)16-24-23-12-6-5-11-21(23)14-15-26(24)33-18-20-9-3-2-4-10-20/h2-16H,18H2,1H3,(H,31,32)/b22-16+. The first-order valence-electron chi connectivity index (χ1n) is 10.4. The molecule has 162 valence electrons. The highest BCUT2D eigenvalue weighted by Crippen LogP contribution is 2.32. The molecule has 0 bridgehead atoms. The Morgan fingerprint density at radius 1 is 1.00 bits per heavy atom. The predicted molar refractivity (Wildman–Crippen MR) is 133 cm³/mol. The molecule has 0 saturated carbocycles. The second-order valence-corrected chi connectivity index (χ2v) is 7.94. The summed E-state index contributed by atoms with van der Waals surface area (Å²) >= 11 is 6.25. The number of ether oxygens (including phenoxy) is 1. The number of nitriles is 1. The zero-order valence-electron chi connectivity index (χ0n) is 18.0. The van der Waals surface area contributed by atoms with E-state index in [-0.39, 0.29) is 5.57 Å². The molecule has 4 rings (SSSR count). The van der Waals surface area contributed by atoms with Gasteiger partial charge in [-0.05, 0) is 47.0 Å². The zero-order chi connectivity index (χ0) is 23.2. The second kappa shape index (κ2) is 10.0. The van der Waals surface area contributed by atoms with Crippen molar-refractivity contribution in [3.63, 3.8) is 0 Å². The number of rotatable bonds is 6. The Hall–Kier alpha value is -4.07. The van der Waals surface area contributed by atoms with E-state index in [0.29, 0.717) is 28.6 Å². The van der Waals surface area contributed by atoms with E-state index in [2.05, 4.69) is 5.32 Å². The number of amides is 1. The zero-order valence-corrected chi connectivity index (χ0v) is 18.8. The van der Waals surface area contributed by atoms with Gasteiger partial charge in [0.1, 0.15) is 24.0 Å². The van der Waals surface area contributed by atoms with E-state index < -0.39 is 5.91 Å². The number of anilines is 1. The van der Waals surface area contributed by atoms with E-state index in [0.717, 1.165) is 21.9 Å². The highest BCUT2D eigenvalue weighted by Gasteiger charge is 2.16. The van der Waals surface area contributed by atoms with Crippen molar-refractivity contribution >= 4 is 40.0 Å². The van der Waals surface area contributed by atoms with Crippen molar-refractivity contribution in [2.24, 2.45) is 0 Å². The molecule has 0 heterocycles. The average molecular weight is 453 g/mol. The van der Waals surface area contributed by atoms with Crippen LogP contribution in [0.3, 0.4) is 0 Å². The van der Waals surface area contributed by atoms with Gasteiger partial charge in [0.15, 0.2) is 0 Å². The first-order valence-corrected chi connectivity index (χ1v) is 10.8. The van der Waals surface area contributed by atoms with Gasteiger partial charge in [0, 0.05) is 5.56 Å². The van der Waals surface area contributed by atoms with Gasteiger partial charge in [-0.25, -0.2) is 0 Å². The fourth-order valence-electron chi connectivity index (χ4n) is 3.55. The van der Waals surface area contributed by atoms with E-state index >= 15 is 0 Å². The SMILES string of the molecule is Cc1cccc(Cl)c1NC(=O)/C(C#N)=C/c1c(OCc2ccccc2)ccc2ccccc12. The molecule has 4 aromatic carbocycles. The molecule has 0 saturated heterocycles. The Morgan fingerprint density at radius 3 is 2.52 bits per heavy atom. The Morgan fingerprint density at radius 2 is 1.76 bits per heavy atom. The Bertz CT molecular complexity index is 1370. The fourth-order valence-corrected chi connectivity index (χ4v) is 3.82. The van der Waals surface area contributed by atoms with Crippen LogP contribution in [0.25, 0.3) is 16.8 Å². The van der Waals surface area contributed by atoms with Crippen LogP contribution in [0.2, 0.25) is 5.02 Å². The fraction of sp³-hybridized carbons (Fsp3) is 0.0714. The van der Waals surface area contributed by atoms with Crippen molar-refractivity contribution in [2.75, 3.05) is 5.32 Å². The largest absolute Gasteiger partial charge is 0.488 e. The molecular weight excluding hydrogens is 432 g/mol. The minimum absolute atomic E-state index is 0.0461. The van der Waals surface area contributed by atoms with Gasteiger partial charge in [-0.15, -0.1) is 0 Å². The number of benzene rings is 4. The number of hydrogen-bond acceptors (Lipinski definition) is 3. The maximum atomic E-state index is 13.0. The predicted octanol–water partition coefficient (Wildman–Crippen LogP) is 6.93. The first-order chi connectivity index (χ1) is 16.1. The van der Waals surface area contributed by atoms with Crippen LogP contribution in [0.4, 0.5) is 5.69 Å². The lowest BCUT2D eigenvalue weighted by Gasteiger charge is -2.13. The Balaban J connectivity index is 1.72. The summed E-state index contributed by atoms with van der Waals surface area (Å²) in [4.78, 5) is 13.0. The van der Waals surface area contributed by atoms with E-state index in [9.17, 15) is 10.1 Å². The van der Waals surface area contributed by atoms with E-state index in [4.69, 9.17) is 16.3 Å². The van der Waals surface area contributed by atoms with Crippen LogP contribution in [-0.2, 0) is 11.4 Å². The van der Waals surface area contributed by atoms with Crippen LogP contribution in [0.1, 0.15) is 16.7 Å². The van der Waals surface area contributed by atoms with Gasteiger partial charge < -0.3 is 10.1 Å². The quantitative estimate of drug-likeness (QED) is 0.255. The molecule has 1 N–H and O–H groups in total. The van der Waals surface area contributed by atoms with Crippen LogP contribution in [0.15, 0.2) is 90.5 Å². The normalized spacial score (nSPS) is 11.1. The molecule has 4 aromatic rings. The molecule has 0 radical (unpaired) electrons. The van der Waals surface area contributed by atoms with Gasteiger partial charge >= 0.3 is 0 Å². The molecule has 0 fully saturated rings. The van der Waals surface area contributed by atoms with Crippen molar-refractivity contribution in [1.82, 2.24) is 0 Å². The third-order valence-electron chi connectivity index (χ3n) is 5.28. The average Bonchev–Trinajstić information content (AvgIpc) is 2.84. The molecule has 0 unspecified atom stereocenters. The van der Waals surface area contributed by atoms with Crippen LogP contribution >= 0.6 is 11.6 Å². The Kier molecular flexibility index (Phi) is 6.73. The minimum atomic E-state index is -0.532. The number of carbonyl (C=O) groups excluding carboxylic acids is 1. The number of fused-ring (bicyclic) bond motifs is 1. The molecule has 1 amide bonds. The maximum absolute atomic E-state index is 13.0. The summed E-state index contributed by atoms with van der Waals surface area (Å²) in [6, 6.07) is 28.8. The van der Waals surface area contributed by atoms with E-state index in [1.807, 2.05) is 85.8 Å². The van der Waals surface area contributed by atoms with Gasteiger partial charge in [0.05, 0.1) is 10.7 Å². The minimum Gasteiger partial charge on any atom is -0.488 e. The van der Waals surface area contributed by atoms with Crippen LogP contribution in [0, 0.1) is 18.3 Å². The van der Waals surface area contributed by atoms with Gasteiger partial charge in [-0.3, -0.25) is 4.79 Å². The van der Waals surface area contributed by atoms with Crippen LogP contribution in [0.5, 0.6) is 5.75 Å². The van der Waals surface area contributed by atoms with Crippen LogP contribution < -0.4 is 10.1 Å². The van der Waals surface area contributed by atoms with Gasteiger partial charge in [-0.1, -0.05) is 84.4 Å². The molecule has 0 atom stereocenters. The number of hydrogen-bond donors (Lipinski definition) is 1. The smallest absolute Gasteiger partial charge is 0.266 e. The maximum Gasteiger partial charge on any atom is 0.266 e. The number of halogens is 1. The molecular formula is C28H21ClN2O2. The van der Waals surface area contributed by atoms with Gasteiger partial charge in [0.2, 0.25) is 0 Å². The summed E-state index contributed by atoms with van der Waals surface area (Å²) in [5, 5.41) is 14.8.